The molecule has 1 amide bonds. The predicted molar refractivity (Wildman–Crippen MR) is 63.5 cm³/mol. The molecule has 1 fully saturated rings. The molecule has 5 heteroatoms. The van der Waals surface area contributed by atoms with Crippen LogP contribution in [0.4, 0.5) is 0 Å². The highest BCUT2D eigenvalue weighted by Crippen LogP contribution is 2.21. The highest BCUT2D eigenvalue weighted by atomic mass is 79.9. The average Bonchev–Trinajstić information content (AvgIpc) is 2.82. The van der Waals surface area contributed by atoms with Crippen molar-refractivity contribution < 1.29 is 9.32 Å². The van der Waals surface area contributed by atoms with Crippen molar-refractivity contribution >= 4 is 21.8 Å². The monoisotopic (exact) mass is 286 g/mol. The van der Waals surface area contributed by atoms with Crippen LogP contribution in [0.1, 0.15) is 29.8 Å². The van der Waals surface area contributed by atoms with Gasteiger partial charge in [0.1, 0.15) is 6.26 Å². The molecule has 1 aromatic heterocycles. The number of rotatable bonds is 3. The fraction of sp³-hybridized carbons (Fsp3) is 0.636. The largest absolute Gasteiger partial charge is 0.364 e. The molecule has 2 rings (SSSR count). The number of hydrogen-bond acceptors (Lipinski definition) is 3. The predicted octanol–water partition coefficient (Wildman–Crippen LogP) is 2.31. The fourth-order valence-electron chi connectivity index (χ4n) is 2.12. The molecule has 4 nitrogen and oxygen atoms in total. The summed E-state index contributed by atoms with van der Waals surface area (Å²) < 4.78 is 4.70. The second kappa shape index (κ2) is 5.48. The number of aromatic nitrogens is 1. The highest BCUT2D eigenvalue weighted by molar-refractivity contribution is 9.09. The molecule has 1 unspecified atom stereocenters. The maximum Gasteiger partial charge on any atom is 0.276 e. The SMILES string of the molecule is O=C(c1ccon1)N1CCCC(CCBr)C1. The normalized spacial score (nSPS) is 21.1. The minimum Gasteiger partial charge on any atom is -0.364 e. The van der Waals surface area contributed by atoms with Gasteiger partial charge in [0.2, 0.25) is 0 Å². The third kappa shape index (κ3) is 2.64. The maximum atomic E-state index is 12.0. The van der Waals surface area contributed by atoms with E-state index in [-0.39, 0.29) is 5.91 Å². The van der Waals surface area contributed by atoms with E-state index < -0.39 is 0 Å². The van der Waals surface area contributed by atoms with Crippen LogP contribution in [-0.4, -0.2) is 34.4 Å². The average molecular weight is 287 g/mol. The van der Waals surface area contributed by atoms with Gasteiger partial charge in [0.05, 0.1) is 0 Å². The van der Waals surface area contributed by atoms with E-state index in [2.05, 4.69) is 21.1 Å². The molecule has 2 heterocycles. The summed E-state index contributed by atoms with van der Waals surface area (Å²) in [5, 5.41) is 4.69. The zero-order valence-corrected chi connectivity index (χ0v) is 10.6. The number of amides is 1. The number of halogens is 1. The Balaban J connectivity index is 1.96. The van der Waals surface area contributed by atoms with Crippen molar-refractivity contribution in [1.82, 2.24) is 10.1 Å². The summed E-state index contributed by atoms with van der Waals surface area (Å²) in [4.78, 5) is 13.9. The van der Waals surface area contributed by atoms with E-state index in [4.69, 9.17) is 4.52 Å². The molecule has 1 aliphatic heterocycles. The molecule has 0 N–H and O–H groups in total. The second-order valence-electron chi connectivity index (χ2n) is 4.12. The van der Waals surface area contributed by atoms with Crippen molar-refractivity contribution in [1.29, 1.82) is 0 Å². The summed E-state index contributed by atoms with van der Waals surface area (Å²) in [7, 11) is 0. The fourth-order valence-corrected chi connectivity index (χ4v) is 2.77. The molecule has 0 aromatic carbocycles. The summed E-state index contributed by atoms with van der Waals surface area (Å²) in [6, 6.07) is 1.62. The van der Waals surface area contributed by atoms with Gasteiger partial charge in [-0.05, 0) is 25.2 Å². The Morgan fingerprint density at radius 1 is 1.69 bits per heavy atom. The van der Waals surface area contributed by atoms with E-state index in [0.717, 1.165) is 31.3 Å². The number of carbonyl (C=O) groups excluding carboxylic acids is 1. The van der Waals surface area contributed by atoms with Crippen molar-refractivity contribution in [2.24, 2.45) is 5.92 Å². The molecule has 1 atom stereocenters. The van der Waals surface area contributed by atoms with Gasteiger partial charge in [0.15, 0.2) is 5.69 Å². The number of alkyl halides is 1. The highest BCUT2D eigenvalue weighted by Gasteiger charge is 2.25. The molecule has 0 bridgehead atoms. The van der Waals surface area contributed by atoms with Gasteiger partial charge in [-0.3, -0.25) is 4.79 Å². The summed E-state index contributed by atoms with van der Waals surface area (Å²) >= 11 is 3.45. The Morgan fingerprint density at radius 2 is 2.56 bits per heavy atom. The van der Waals surface area contributed by atoms with E-state index >= 15 is 0 Å². The lowest BCUT2D eigenvalue weighted by Crippen LogP contribution is -2.40. The van der Waals surface area contributed by atoms with Crippen LogP contribution < -0.4 is 0 Å². The Morgan fingerprint density at radius 3 is 3.25 bits per heavy atom. The van der Waals surface area contributed by atoms with E-state index in [0.29, 0.717) is 11.6 Å². The van der Waals surface area contributed by atoms with Crippen LogP contribution in [0, 0.1) is 5.92 Å². The molecule has 16 heavy (non-hydrogen) atoms. The Bertz CT molecular complexity index is 338. The molecule has 1 aromatic rings. The standard InChI is InChI=1S/C11H15BrN2O2/c12-5-3-9-2-1-6-14(8-9)11(15)10-4-7-16-13-10/h4,7,9H,1-3,5-6,8H2. The van der Waals surface area contributed by atoms with Crippen LogP contribution in [-0.2, 0) is 0 Å². The maximum absolute atomic E-state index is 12.0. The number of nitrogens with zero attached hydrogens (tertiary/aromatic N) is 2. The molecule has 1 saturated heterocycles. The van der Waals surface area contributed by atoms with Crippen LogP contribution in [0.2, 0.25) is 0 Å². The van der Waals surface area contributed by atoms with Gasteiger partial charge in [0.25, 0.3) is 5.91 Å². The first-order valence-corrected chi connectivity index (χ1v) is 6.69. The number of hydrogen-bond donors (Lipinski definition) is 0. The minimum atomic E-state index is -0.00646. The Kier molecular flexibility index (Phi) is 3.98. The second-order valence-corrected chi connectivity index (χ2v) is 4.91. The van der Waals surface area contributed by atoms with E-state index in [1.807, 2.05) is 4.90 Å². The minimum absolute atomic E-state index is 0.00646. The first kappa shape index (κ1) is 11.6. The molecule has 0 radical (unpaired) electrons. The topological polar surface area (TPSA) is 46.3 Å². The van der Waals surface area contributed by atoms with E-state index in [1.165, 1.54) is 12.7 Å². The first-order valence-electron chi connectivity index (χ1n) is 5.57. The molecule has 88 valence electrons. The van der Waals surface area contributed by atoms with Crippen molar-refractivity contribution in [2.45, 2.75) is 19.3 Å². The zero-order chi connectivity index (χ0) is 11.4. The molecule has 1 aliphatic rings. The molecular weight excluding hydrogens is 272 g/mol. The van der Waals surface area contributed by atoms with Gasteiger partial charge >= 0.3 is 0 Å². The summed E-state index contributed by atoms with van der Waals surface area (Å²) in [6.07, 6.45) is 4.87. The molecular formula is C11H15BrN2O2. The van der Waals surface area contributed by atoms with Crippen molar-refractivity contribution in [3.8, 4) is 0 Å². The number of carbonyl (C=O) groups is 1. The third-order valence-corrected chi connectivity index (χ3v) is 3.44. The van der Waals surface area contributed by atoms with Gasteiger partial charge in [-0.1, -0.05) is 21.1 Å². The quantitative estimate of drug-likeness (QED) is 0.801. The smallest absolute Gasteiger partial charge is 0.276 e. The number of likely N-dealkylation sites (tertiary alicyclic amines) is 1. The number of piperidine rings is 1. The zero-order valence-electron chi connectivity index (χ0n) is 9.06. The Labute approximate surface area is 103 Å². The van der Waals surface area contributed by atoms with Crippen molar-refractivity contribution in [3.63, 3.8) is 0 Å². The van der Waals surface area contributed by atoms with Gasteiger partial charge in [-0.25, -0.2) is 0 Å². The lowest BCUT2D eigenvalue weighted by Gasteiger charge is -2.32. The van der Waals surface area contributed by atoms with Crippen molar-refractivity contribution in [2.75, 3.05) is 18.4 Å². The van der Waals surface area contributed by atoms with Gasteiger partial charge in [-0.2, -0.15) is 0 Å². The van der Waals surface area contributed by atoms with Gasteiger partial charge in [-0.15, -0.1) is 0 Å². The van der Waals surface area contributed by atoms with Crippen molar-refractivity contribution in [3.05, 3.63) is 18.0 Å². The molecule has 0 aliphatic carbocycles. The lowest BCUT2D eigenvalue weighted by molar-refractivity contribution is 0.0661. The van der Waals surface area contributed by atoms with E-state index in [1.54, 1.807) is 6.07 Å². The van der Waals surface area contributed by atoms with E-state index in [9.17, 15) is 4.79 Å². The van der Waals surface area contributed by atoms with Crippen LogP contribution in [0.3, 0.4) is 0 Å². The summed E-state index contributed by atoms with van der Waals surface area (Å²) in [5.41, 5.74) is 0.416. The Hall–Kier alpha value is -0.840. The lowest BCUT2D eigenvalue weighted by atomic mass is 9.95. The third-order valence-electron chi connectivity index (χ3n) is 2.98. The van der Waals surface area contributed by atoms with Crippen LogP contribution in [0.15, 0.2) is 16.9 Å². The summed E-state index contributed by atoms with van der Waals surface area (Å²) in [5.74, 6) is 0.608. The van der Waals surface area contributed by atoms with Gasteiger partial charge < -0.3 is 9.42 Å². The molecule has 0 saturated carbocycles. The summed E-state index contributed by atoms with van der Waals surface area (Å²) in [6.45, 7) is 1.68. The van der Waals surface area contributed by atoms with Crippen LogP contribution in [0.5, 0.6) is 0 Å². The first-order chi connectivity index (χ1) is 7.81. The van der Waals surface area contributed by atoms with Gasteiger partial charge in [0, 0.05) is 24.5 Å². The van der Waals surface area contributed by atoms with Crippen LogP contribution in [0.25, 0.3) is 0 Å². The molecule has 0 spiro atoms. The van der Waals surface area contributed by atoms with Crippen LogP contribution >= 0.6 is 15.9 Å².